The Balaban J connectivity index is 0.00000261. The number of amides is 1. The second-order valence-corrected chi connectivity index (χ2v) is 9.89. The zero-order chi connectivity index (χ0) is 18.9. The Morgan fingerprint density at radius 2 is 1.78 bits per heavy atom. The van der Waals surface area contributed by atoms with Crippen LogP contribution in [0.5, 0.6) is 0 Å². The number of hydrogen-bond acceptors (Lipinski definition) is 4. The van der Waals surface area contributed by atoms with Crippen molar-refractivity contribution in [3.8, 4) is 0 Å². The van der Waals surface area contributed by atoms with Gasteiger partial charge in [-0.2, -0.15) is 0 Å². The lowest BCUT2D eigenvalue weighted by Gasteiger charge is -2.45. The number of benzene rings is 1. The van der Waals surface area contributed by atoms with Crippen LogP contribution < -0.4 is 11.1 Å². The average Bonchev–Trinajstić information content (AvgIpc) is 2.55. The van der Waals surface area contributed by atoms with E-state index in [1.807, 2.05) is 0 Å². The molecule has 2 saturated carbocycles. The Hall–Kier alpha value is -1.18. The number of fused-ring (bicyclic) bond motifs is 2. The number of rotatable bonds is 5. The maximum Gasteiger partial charge on any atom is 0.224 e. The fraction of sp³-hybridized carbons (Fsp3) is 0.632. The van der Waals surface area contributed by atoms with Crippen molar-refractivity contribution in [3.05, 3.63) is 30.1 Å². The summed E-state index contributed by atoms with van der Waals surface area (Å²) in [7, 11) is -3.64. The van der Waals surface area contributed by atoms with Crippen LogP contribution in [-0.2, 0) is 14.6 Å². The van der Waals surface area contributed by atoms with Gasteiger partial charge in [-0.3, -0.25) is 4.79 Å². The summed E-state index contributed by atoms with van der Waals surface area (Å²) in [5, 5.41) is 3.11. The van der Waals surface area contributed by atoms with Crippen molar-refractivity contribution < 1.29 is 17.6 Å². The lowest BCUT2D eigenvalue weighted by atomic mass is 9.67. The highest BCUT2D eigenvalue weighted by molar-refractivity contribution is 7.91. The Labute approximate surface area is 166 Å². The molecule has 3 N–H and O–H groups in total. The number of sulfone groups is 1. The standard InChI is InChI=1S/C19H27FN2O3S.ClH/c1-12(11-26(24,25)17-7-5-15(20)6-8-17)19(23)22-18-13-3-2-4-14(18)10-16(21)9-13;/h5-8,12-14,16,18H,2-4,9-11,21H2,1H3,(H,22,23);1H. The molecule has 1 amide bonds. The van der Waals surface area contributed by atoms with Gasteiger partial charge in [-0.05, 0) is 61.8 Å². The van der Waals surface area contributed by atoms with Gasteiger partial charge in [0.15, 0.2) is 9.84 Å². The molecule has 2 aliphatic rings. The fourth-order valence-electron chi connectivity index (χ4n) is 4.47. The highest BCUT2D eigenvalue weighted by atomic mass is 35.5. The van der Waals surface area contributed by atoms with Crippen LogP contribution in [0.1, 0.15) is 39.0 Å². The zero-order valence-electron chi connectivity index (χ0n) is 15.4. The lowest BCUT2D eigenvalue weighted by Crippen LogP contribution is -2.54. The van der Waals surface area contributed by atoms with Gasteiger partial charge in [-0.15, -0.1) is 12.4 Å². The number of nitrogens with two attached hydrogens (primary N) is 1. The van der Waals surface area contributed by atoms with Crippen LogP contribution in [0, 0.1) is 23.6 Å². The molecule has 152 valence electrons. The van der Waals surface area contributed by atoms with Crippen molar-refractivity contribution in [2.75, 3.05) is 5.75 Å². The summed E-state index contributed by atoms with van der Waals surface area (Å²) in [5.41, 5.74) is 6.12. The quantitative estimate of drug-likeness (QED) is 0.719. The normalized spacial score (nSPS) is 28.7. The SMILES string of the molecule is CC(CS(=O)(=O)c1ccc(F)cc1)C(=O)NC1C2CCCC1CC(N)C2.Cl. The molecule has 3 atom stereocenters. The topological polar surface area (TPSA) is 89.3 Å². The predicted octanol–water partition coefficient (Wildman–Crippen LogP) is 2.68. The van der Waals surface area contributed by atoms with Crippen molar-refractivity contribution in [1.29, 1.82) is 0 Å². The first kappa shape index (κ1) is 22.1. The fourth-order valence-corrected chi connectivity index (χ4v) is 6.03. The number of carbonyl (C=O) groups is 1. The van der Waals surface area contributed by atoms with Crippen LogP contribution in [-0.4, -0.2) is 32.2 Å². The molecule has 0 aliphatic heterocycles. The molecular weight excluding hydrogens is 391 g/mol. The van der Waals surface area contributed by atoms with Crippen LogP contribution in [0.2, 0.25) is 0 Å². The zero-order valence-corrected chi connectivity index (χ0v) is 17.1. The molecule has 3 unspecified atom stereocenters. The summed E-state index contributed by atoms with van der Waals surface area (Å²) >= 11 is 0. The van der Waals surface area contributed by atoms with Gasteiger partial charge in [-0.25, -0.2) is 12.8 Å². The Morgan fingerprint density at radius 3 is 2.33 bits per heavy atom. The Bertz CT molecular complexity index is 743. The first-order chi connectivity index (χ1) is 12.3. The number of carbonyl (C=O) groups excluding carboxylic acids is 1. The van der Waals surface area contributed by atoms with Crippen molar-refractivity contribution >= 4 is 28.2 Å². The molecule has 0 radical (unpaired) electrons. The predicted molar refractivity (Wildman–Crippen MR) is 105 cm³/mol. The van der Waals surface area contributed by atoms with E-state index >= 15 is 0 Å². The number of hydrogen-bond donors (Lipinski definition) is 2. The van der Waals surface area contributed by atoms with Crippen molar-refractivity contribution in [2.45, 2.75) is 56.0 Å². The smallest absolute Gasteiger partial charge is 0.224 e. The van der Waals surface area contributed by atoms with E-state index in [9.17, 15) is 17.6 Å². The van der Waals surface area contributed by atoms with E-state index < -0.39 is 21.6 Å². The van der Waals surface area contributed by atoms with Crippen molar-refractivity contribution in [3.63, 3.8) is 0 Å². The van der Waals surface area contributed by atoms with Crippen LogP contribution >= 0.6 is 12.4 Å². The summed E-state index contributed by atoms with van der Waals surface area (Å²) in [4.78, 5) is 12.7. The third-order valence-electron chi connectivity index (χ3n) is 5.78. The summed E-state index contributed by atoms with van der Waals surface area (Å²) in [6.45, 7) is 1.63. The summed E-state index contributed by atoms with van der Waals surface area (Å²) in [6, 6.07) is 5.01. The molecule has 0 heterocycles. The van der Waals surface area contributed by atoms with E-state index in [1.165, 1.54) is 18.6 Å². The second-order valence-electron chi connectivity index (χ2n) is 7.85. The molecule has 0 aromatic heterocycles. The minimum atomic E-state index is -3.64. The molecule has 8 heteroatoms. The van der Waals surface area contributed by atoms with Crippen LogP contribution in [0.4, 0.5) is 4.39 Å². The van der Waals surface area contributed by atoms with Crippen molar-refractivity contribution in [2.24, 2.45) is 23.5 Å². The van der Waals surface area contributed by atoms with E-state index in [-0.39, 0.29) is 41.0 Å². The van der Waals surface area contributed by atoms with Gasteiger partial charge in [0.25, 0.3) is 0 Å². The lowest BCUT2D eigenvalue weighted by molar-refractivity contribution is -0.126. The minimum Gasteiger partial charge on any atom is -0.353 e. The molecular formula is C19H28ClFN2O3S. The molecule has 27 heavy (non-hydrogen) atoms. The second kappa shape index (κ2) is 8.88. The van der Waals surface area contributed by atoms with E-state index in [1.54, 1.807) is 6.92 Å². The van der Waals surface area contributed by atoms with Gasteiger partial charge in [0, 0.05) is 18.0 Å². The van der Waals surface area contributed by atoms with E-state index in [0.717, 1.165) is 37.8 Å². The Morgan fingerprint density at radius 1 is 1.22 bits per heavy atom. The van der Waals surface area contributed by atoms with Gasteiger partial charge in [0.2, 0.25) is 5.91 Å². The minimum absolute atomic E-state index is 0. The maximum atomic E-state index is 13.0. The van der Waals surface area contributed by atoms with Gasteiger partial charge in [-0.1, -0.05) is 13.3 Å². The van der Waals surface area contributed by atoms with Gasteiger partial charge >= 0.3 is 0 Å². The van der Waals surface area contributed by atoms with Gasteiger partial charge in [0.05, 0.1) is 10.6 Å². The first-order valence-corrected chi connectivity index (χ1v) is 11.0. The first-order valence-electron chi connectivity index (χ1n) is 9.30. The molecule has 2 aliphatic carbocycles. The molecule has 0 spiro atoms. The molecule has 2 bridgehead atoms. The molecule has 3 rings (SSSR count). The number of halogens is 2. The van der Waals surface area contributed by atoms with E-state index in [2.05, 4.69) is 5.32 Å². The van der Waals surface area contributed by atoms with Crippen LogP contribution in [0.15, 0.2) is 29.2 Å². The van der Waals surface area contributed by atoms with Gasteiger partial charge in [0.1, 0.15) is 5.82 Å². The largest absolute Gasteiger partial charge is 0.353 e. The van der Waals surface area contributed by atoms with E-state index in [0.29, 0.717) is 11.8 Å². The molecule has 0 saturated heterocycles. The van der Waals surface area contributed by atoms with E-state index in [4.69, 9.17) is 5.73 Å². The monoisotopic (exact) mass is 418 g/mol. The molecule has 5 nitrogen and oxygen atoms in total. The van der Waals surface area contributed by atoms with Gasteiger partial charge < -0.3 is 11.1 Å². The third-order valence-corrected chi connectivity index (χ3v) is 7.70. The summed E-state index contributed by atoms with van der Waals surface area (Å²) in [5.74, 6) is -0.887. The summed E-state index contributed by atoms with van der Waals surface area (Å²) < 4.78 is 37.9. The third kappa shape index (κ3) is 5.21. The van der Waals surface area contributed by atoms with Crippen LogP contribution in [0.3, 0.4) is 0 Å². The van der Waals surface area contributed by atoms with Crippen molar-refractivity contribution in [1.82, 2.24) is 5.32 Å². The molecule has 1 aromatic rings. The average molecular weight is 419 g/mol. The Kier molecular flexibility index (Phi) is 7.27. The molecule has 2 fully saturated rings. The highest BCUT2D eigenvalue weighted by Gasteiger charge is 2.40. The maximum absolute atomic E-state index is 13.0. The highest BCUT2D eigenvalue weighted by Crippen LogP contribution is 2.39. The number of nitrogens with one attached hydrogen (secondary N) is 1. The molecule has 1 aromatic carbocycles. The summed E-state index contributed by atoms with van der Waals surface area (Å²) in [6.07, 6.45) is 5.14. The van der Waals surface area contributed by atoms with Crippen LogP contribution in [0.25, 0.3) is 0 Å².